The number of carbonyl (C=O) groups is 5. The fourth-order valence-electron chi connectivity index (χ4n) is 4.49. The van der Waals surface area contributed by atoms with Crippen molar-refractivity contribution in [1.82, 2.24) is 15.1 Å². The molecule has 0 bridgehead atoms. The van der Waals surface area contributed by atoms with Gasteiger partial charge in [0.1, 0.15) is 17.2 Å². The van der Waals surface area contributed by atoms with E-state index in [1.54, 1.807) is 20.8 Å². The van der Waals surface area contributed by atoms with Crippen molar-refractivity contribution in [2.75, 3.05) is 44.8 Å². The average molecular weight is 663 g/mol. The number of amides is 4. The first-order valence-corrected chi connectivity index (χ1v) is 14.8. The highest BCUT2D eigenvalue weighted by molar-refractivity contribution is 6.00. The first-order chi connectivity index (χ1) is 22.1. The van der Waals surface area contributed by atoms with Gasteiger partial charge >= 0.3 is 12.1 Å². The molecule has 13 nitrogen and oxygen atoms in total. The highest BCUT2D eigenvalue weighted by Gasteiger charge is 2.42. The lowest BCUT2D eigenvalue weighted by atomic mass is 10.1. The maximum atomic E-state index is 14.9. The van der Waals surface area contributed by atoms with E-state index in [-0.39, 0.29) is 42.2 Å². The van der Waals surface area contributed by atoms with Gasteiger partial charge in [0.15, 0.2) is 6.10 Å². The van der Waals surface area contributed by atoms with Crippen LogP contribution in [0.2, 0.25) is 0 Å². The molecule has 0 spiro atoms. The van der Waals surface area contributed by atoms with Crippen molar-refractivity contribution in [3.05, 3.63) is 65.4 Å². The van der Waals surface area contributed by atoms with Crippen molar-refractivity contribution in [3.8, 4) is 0 Å². The predicted molar refractivity (Wildman–Crippen MR) is 165 cm³/mol. The minimum absolute atomic E-state index is 0.00601. The second-order valence-corrected chi connectivity index (χ2v) is 11.7. The van der Waals surface area contributed by atoms with Crippen LogP contribution in [0.1, 0.15) is 40.2 Å². The Morgan fingerprint density at radius 2 is 1.79 bits per heavy atom. The summed E-state index contributed by atoms with van der Waals surface area (Å²) < 4.78 is 50.7. The molecule has 0 radical (unpaired) electrons. The monoisotopic (exact) mass is 662 g/mol. The van der Waals surface area contributed by atoms with Gasteiger partial charge in [-0.05, 0) is 52.0 Å². The predicted octanol–water partition coefficient (Wildman–Crippen LogP) is 3.12. The Kier molecular flexibility index (Phi) is 12.8. The van der Waals surface area contributed by atoms with Gasteiger partial charge in [-0.25, -0.2) is 13.6 Å². The largest absolute Gasteiger partial charge is 0.449 e. The SMILES string of the molecule is C=C(/C=C\C(F)=C(/C)C(=O)N1CCOCC1)N1CCOC(C(OC(C)=O)C(=O)Nc2ccc(CNC(=O)OC(C)(C)C)c(F)c2)C1=O. The van der Waals surface area contributed by atoms with Crippen molar-refractivity contribution in [3.63, 3.8) is 0 Å². The zero-order valence-electron chi connectivity index (χ0n) is 27.0. The van der Waals surface area contributed by atoms with Crippen LogP contribution in [0.15, 0.2) is 54.0 Å². The molecule has 1 aromatic carbocycles. The molecule has 4 amide bonds. The summed E-state index contributed by atoms with van der Waals surface area (Å²) in [6.45, 7) is 12.4. The number of carbonyl (C=O) groups excluding carboxylic acids is 5. The second kappa shape index (κ2) is 16.3. The van der Waals surface area contributed by atoms with Crippen LogP contribution in [0.4, 0.5) is 19.3 Å². The molecular weight excluding hydrogens is 622 g/mol. The normalized spacial score (nSPS) is 18.3. The highest BCUT2D eigenvalue weighted by Crippen LogP contribution is 2.22. The third-order valence-electron chi connectivity index (χ3n) is 6.84. The van der Waals surface area contributed by atoms with E-state index in [4.69, 9.17) is 18.9 Å². The Labute approximate surface area is 271 Å². The number of hydrogen-bond acceptors (Lipinski definition) is 9. The molecule has 256 valence electrons. The summed E-state index contributed by atoms with van der Waals surface area (Å²) in [5, 5.41) is 4.84. The number of ether oxygens (including phenoxy) is 4. The quantitative estimate of drug-likeness (QED) is 0.219. The number of nitrogens with zero attached hydrogens (tertiary/aromatic N) is 2. The molecule has 2 aliphatic rings. The fourth-order valence-corrected chi connectivity index (χ4v) is 4.49. The van der Waals surface area contributed by atoms with Crippen LogP contribution < -0.4 is 10.6 Å². The summed E-state index contributed by atoms with van der Waals surface area (Å²) in [5.41, 5.74) is -0.756. The van der Waals surface area contributed by atoms with Gasteiger partial charge in [-0.2, -0.15) is 0 Å². The smallest absolute Gasteiger partial charge is 0.407 e. The topological polar surface area (TPSA) is 153 Å². The Morgan fingerprint density at radius 3 is 2.40 bits per heavy atom. The molecule has 2 N–H and O–H groups in total. The van der Waals surface area contributed by atoms with Crippen LogP contribution in [0.25, 0.3) is 0 Å². The van der Waals surface area contributed by atoms with E-state index in [0.717, 1.165) is 24.0 Å². The van der Waals surface area contributed by atoms with Crippen molar-refractivity contribution >= 4 is 35.5 Å². The molecule has 47 heavy (non-hydrogen) atoms. The van der Waals surface area contributed by atoms with E-state index in [0.29, 0.717) is 26.3 Å². The lowest BCUT2D eigenvalue weighted by Gasteiger charge is -2.35. The van der Waals surface area contributed by atoms with Gasteiger partial charge in [0.05, 0.1) is 19.8 Å². The van der Waals surface area contributed by atoms with Gasteiger partial charge in [0.2, 0.25) is 6.10 Å². The third-order valence-corrected chi connectivity index (χ3v) is 6.84. The van der Waals surface area contributed by atoms with Crippen molar-refractivity contribution in [2.24, 2.45) is 0 Å². The van der Waals surface area contributed by atoms with Gasteiger partial charge in [-0.3, -0.25) is 19.2 Å². The summed E-state index contributed by atoms with van der Waals surface area (Å²) in [4.78, 5) is 65.6. The number of anilines is 1. The standard InChI is InChI=1S/C32H40F2N4O9/c1-19(7-10-24(33)20(2)29(41)37-11-14-44-15-12-37)38-13-16-45-27(30(38)42)26(46-21(3)39)28(40)36-23-9-8-22(25(34)17-23)18-35-31(43)47-32(4,5)6/h7-10,17,26-27H,1,11-16,18H2,2-6H3,(H,35,43)(H,36,40)/b10-7-,24-20-. The Hall–Kier alpha value is -4.63. The van der Waals surface area contributed by atoms with Gasteiger partial charge in [-0.15, -0.1) is 0 Å². The number of rotatable bonds is 10. The van der Waals surface area contributed by atoms with Crippen LogP contribution in [-0.2, 0) is 44.7 Å². The van der Waals surface area contributed by atoms with Crippen LogP contribution in [-0.4, -0.2) is 96.8 Å². The lowest BCUT2D eigenvalue weighted by Crippen LogP contribution is -2.55. The molecule has 15 heteroatoms. The summed E-state index contributed by atoms with van der Waals surface area (Å²) >= 11 is 0. The Morgan fingerprint density at radius 1 is 1.11 bits per heavy atom. The van der Waals surface area contributed by atoms with Gasteiger partial charge in [0.25, 0.3) is 17.7 Å². The number of alkyl carbamates (subject to hydrolysis) is 1. The lowest BCUT2D eigenvalue weighted by molar-refractivity contribution is -0.175. The number of halogens is 2. The van der Waals surface area contributed by atoms with Crippen LogP contribution in [0, 0.1) is 5.82 Å². The van der Waals surface area contributed by atoms with Gasteiger partial charge in [0, 0.05) is 55.6 Å². The highest BCUT2D eigenvalue weighted by atomic mass is 19.1. The van der Waals surface area contributed by atoms with E-state index in [1.807, 2.05) is 0 Å². The number of allylic oxidation sites excluding steroid dienone is 3. The second-order valence-electron chi connectivity index (χ2n) is 11.7. The van der Waals surface area contributed by atoms with E-state index in [1.165, 1.54) is 30.0 Å². The fraction of sp³-hybridized carbons (Fsp3) is 0.469. The molecule has 0 aliphatic carbocycles. The molecule has 1 aromatic rings. The summed E-state index contributed by atoms with van der Waals surface area (Å²) in [5.74, 6) is -4.73. The summed E-state index contributed by atoms with van der Waals surface area (Å²) in [6.07, 6.45) is -1.91. The third kappa shape index (κ3) is 10.7. The Bertz CT molecular complexity index is 1450. The number of benzene rings is 1. The molecule has 3 rings (SSSR count). The minimum Gasteiger partial charge on any atom is -0.449 e. The van der Waals surface area contributed by atoms with E-state index < -0.39 is 59.2 Å². The molecule has 2 aliphatic heterocycles. The maximum absolute atomic E-state index is 14.9. The van der Waals surface area contributed by atoms with Crippen molar-refractivity contribution < 1.29 is 51.7 Å². The number of nitrogens with one attached hydrogen (secondary N) is 2. The van der Waals surface area contributed by atoms with Crippen molar-refractivity contribution in [2.45, 2.75) is 59.0 Å². The summed E-state index contributed by atoms with van der Waals surface area (Å²) in [6, 6.07) is 3.67. The maximum Gasteiger partial charge on any atom is 0.407 e. The van der Waals surface area contributed by atoms with Crippen LogP contribution in [0.5, 0.6) is 0 Å². The molecule has 2 unspecified atom stereocenters. The zero-order chi connectivity index (χ0) is 34.9. The number of hydrogen-bond donors (Lipinski definition) is 2. The van der Waals surface area contributed by atoms with Crippen LogP contribution in [0.3, 0.4) is 0 Å². The van der Waals surface area contributed by atoms with E-state index in [2.05, 4.69) is 17.2 Å². The molecule has 2 atom stereocenters. The summed E-state index contributed by atoms with van der Waals surface area (Å²) in [7, 11) is 0. The molecular formula is C32H40F2N4O9. The average Bonchev–Trinajstić information content (AvgIpc) is 3.01. The first-order valence-electron chi connectivity index (χ1n) is 14.8. The van der Waals surface area contributed by atoms with E-state index in [9.17, 15) is 32.8 Å². The van der Waals surface area contributed by atoms with Crippen molar-refractivity contribution in [1.29, 1.82) is 0 Å². The zero-order valence-corrected chi connectivity index (χ0v) is 27.0. The van der Waals surface area contributed by atoms with E-state index >= 15 is 0 Å². The molecule has 2 fully saturated rings. The minimum atomic E-state index is -1.78. The molecule has 2 saturated heterocycles. The number of esters is 1. The van der Waals surface area contributed by atoms with Gasteiger partial charge in [-0.1, -0.05) is 12.6 Å². The molecule has 0 aromatic heterocycles. The molecule has 2 heterocycles. The van der Waals surface area contributed by atoms with Crippen LogP contribution >= 0.6 is 0 Å². The molecule has 0 saturated carbocycles. The Balaban J connectivity index is 1.69. The van der Waals surface area contributed by atoms with Gasteiger partial charge < -0.3 is 39.4 Å². The first kappa shape index (κ1) is 36.8. The number of morpholine rings is 2.